The molecule has 0 aliphatic rings. The number of hydrogen-bond donors (Lipinski definition) is 1. The zero-order chi connectivity index (χ0) is 13.0. The maximum Gasteiger partial charge on any atom is 0.119 e. The molecule has 3 nitrogen and oxygen atoms in total. The van der Waals surface area contributed by atoms with Crippen LogP contribution >= 0.6 is 11.3 Å². The first kappa shape index (κ1) is 13.1. The van der Waals surface area contributed by atoms with Gasteiger partial charge in [0.2, 0.25) is 0 Å². The quantitative estimate of drug-likeness (QED) is 0.899. The van der Waals surface area contributed by atoms with Crippen LogP contribution in [-0.2, 0) is 6.42 Å². The molecule has 1 N–H and O–H groups in total. The molecular formula is C14H18N2OS. The maximum atomic E-state index is 5.25. The van der Waals surface area contributed by atoms with E-state index in [0.29, 0.717) is 6.04 Å². The molecule has 0 spiro atoms. The van der Waals surface area contributed by atoms with E-state index in [-0.39, 0.29) is 0 Å². The van der Waals surface area contributed by atoms with E-state index in [0.717, 1.165) is 17.2 Å². The number of thiazole rings is 1. The van der Waals surface area contributed by atoms with E-state index in [1.54, 1.807) is 18.4 Å². The first-order valence-electron chi connectivity index (χ1n) is 5.95. The maximum absolute atomic E-state index is 5.25. The predicted octanol–water partition coefficient (Wildman–Crippen LogP) is 2.96. The normalized spacial score (nSPS) is 12.4. The van der Waals surface area contributed by atoms with Crippen LogP contribution in [0.2, 0.25) is 0 Å². The van der Waals surface area contributed by atoms with Gasteiger partial charge in [0, 0.05) is 17.1 Å². The Kier molecular flexibility index (Phi) is 4.33. The van der Waals surface area contributed by atoms with Gasteiger partial charge in [0.25, 0.3) is 0 Å². The molecule has 2 rings (SSSR count). The average Bonchev–Trinajstić information content (AvgIpc) is 2.82. The molecule has 0 bridgehead atoms. The molecule has 0 amide bonds. The summed E-state index contributed by atoms with van der Waals surface area (Å²) >= 11 is 1.74. The second-order valence-electron chi connectivity index (χ2n) is 4.18. The van der Waals surface area contributed by atoms with Gasteiger partial charge in [-0.2, -0.15) is 0 Å². The molecule has 0 aliphatic carbocycles. The molecule has 0 saturated carbocycles. The molecule has 1 unspecified atom stereocenters. The fourth-order valence-electron chi connectivity index (χ4n) is 1.92. The highest BCUT2D eigenvalue weighted by Gasteiger charge is 2.13. The van der Waals surface area contributed by atoms with E-state index in [2.05, 4.69) is 22.4 Å². The molecule has 2 aromatic rings. The lowest BCUT2D eigenvalue weighted by molar-refractivity contribution is 0.414. The van der Waals surface area contributed by atoms with Crippen LogP contribution in [0.4, 0.5) is 0 Å². The molecule has 1 aromatic carbocycles. The van der Waals surface area contributed by atoms with Gasteiger partial charge in [0.15, 0.2) is 0 Å². The number of rotatable bonds is 5. The van der Waals surface area contributed by atoms with E-state index < -0.39 is 0 Å². The summed E-state index contributed by atoms with van der Waals surface area (Å²) in [5, 5.41) is 4.45. The van der Waals surface area contributed by atoms with Gasteiger partial charge in [-0.1, -0.05) is 12.1 Å². The van der Waals surface area contributed by atoms with Gasteiger partial charge >= 0.3 is 0 Å². The number of benzene rings is 1. The first-order valence-corrected chi connectivity index (χ1v) is 6.77. The van der Waals surface area contributed by atoms with Crippen LogP contribution in [0.15, 0.2) is 30.5 Å². The first-order chi connectivity index (χ1) is 8.72. The molecule has 0 fully saturated rings. The van der Waals surface area contributed by atoms with Gasteiger partial charge in [0.1, 0.15) is 5.75 Å². The lowest BCUT2D eigenvalue weighted by atomic mass is 10.1. The number of aromatic nitrogens is 1. The fraction of sp³-hybridized carbons (Fsp3) is 0.357. The number of nitrogens with zero attached hydrogens (tertiary/aromatic N) is 1. The van der Waals surface area contributed by atoms with Crippen LogP contribution in [0.5, 0.6) is 5.75 Å². The number of likely N-dealkylation sites (N-methyl/N-ethyl adjacent to an activating group) is 1. The summed E-state index contributed by atoms with van der Waals surface area (Å²) in [4.78, 5) is 5.59. The summed E-state index contributed by atoms with van der Waals surface area (Å²) in [6, 6.07) is 8.51. The van der Waals surface area contributed by atoms with Crippen LogP contribution in [0.3, 0.4) is 0 Å². The Balaban J connectivity index is 2.14. The van der Waals surface area contributed by atoms with Crippen LogP contribution in [0.25, 0.3) is 0 Å². The van der Waals surface area contributed by atoms with Crippen molar-refractivity contribution in [3.8, 4) is 5.75 Å². The summed E-state index contributed by atoms with van der Waals surface area (Å²) in [5.41, 5.74) is 1.26. The summed E-state index contributed by atoms with van der Waals surface area (Å²) in [7, 11) is 3.68. The van der Waals surface area contributed by atoms with Gasteiger partial charge < -0.3 is 10.1 Å². The van der Waals surface area contributed by atoms with Crippen LogP contribution < -0.4 is 10.1 Å². The molecule has 0 aliphatic heterocycles. The SMILES string of the molecule is CNC(Cc1cccc(OC)c1)c1cnc(C)s1. The molecule has 96 valence electrons. The van der Waals surface area contributed by atoms with Crippen molar-refractivity contribution in [2.75, 3.05) is 14.2 Å². The Hall–Kier alpha value is -1.39. The Morgan fingerprint density at radius 2 is 2.28 bits per heavy atom. The molecular weight excluding hydrogens is 244 g/mol. The molecule has 1 aromatic heterocycles. The third kappa shape index (κ3) is 3.09. The minimum Gasteiger partial charge on any atom is -0.497 e. The molecule has 1 heterocycles. The smallest absolute Gasteiger partial charge is 0.119 e. The minimum atomic E-state index is 0.309. The summed E-state index contributed by atoms with van der Waals surface area (Å²) in [5.74, 6) is 0.905. The number of aryl methyl sites for hydroxylation is 1. The van der Waals surface area contributed by atoms with Crippen molar-refractivity contribution in [3.63, 3.8) is 0 Å². The van der Waals surface area contributed by atoms with E-state index in [1.807, 2.05) is 32.3 Å². The Morgan fingerprint density at radius 1 is 1.44 bits per heavy atom. The number of nitrogens with one attached hydrogen (secondary N) is 1. The molecule has 18 heavy (non-hydrogen) atoms. The summed E-state index contributed by atoms with van der Waals surface area (Å²) in [6.07, 6.45) is 2.90. The molecule has 4 heteroatoms. The zero-order valence-electron chi connectivity index (χ0n) is 10.9. The number of ether oxygens (including phenoxy) is 1. The fourth-order valence-corrected chi connectivity index (χ4v) is 2.81. The minimum absolute atomic E-state index is 0.309. The van der Waals surface area contributed by atoms with Gasteiger partial charge in [0.05, 0.1) is 12.1 Å². The number of hydrogen-bond acceptors (Lipinski definition) is 4. The van der Waals surface area contributed by atoms with E-state index in [1.165, 1.54) is 10.4 Å². The van der Waals surface area contributed by atoms with Crippen LogP contribution in [-0.4, -0.2) is 19.1 Å². The Labute approximate surface area is 112 Å². The van der Waals surface area contributed by atoms with Crippen molar-refractivity contribution < 1.29 is 4.74 Å². The summed E-state index contributed by atoms with van der Waals surface area (Å²) < 4.78 is 5.25. The summed E-state index contributed by atoms with van der Waals surface area (Å²) in [6.45, 7) is 2.03. The van der Waals surface area contributed by atoms with Crippen molar-refractivity contribution in [1.29, 1.82) is 0 Å². The highest BCUT2D eigenvalue weighted by Crippen LogP contribution is 2.24. The topological polar surface area (TPSA) is 34.1 Å². The van der Waals surface area contributed by atoms with E-state index in [9.17, 15) is 0 Å². The highest BCUT2D eigenvalue weighted by molar-refractivity contribution is 7.11. The third-order valence-corrected chi connectivity index (χ3v) is 3.93. The standard InChI is InChI=1S/C14H18N2OS/c1-10-16-9-14(18-10)13(15-2)8-11-5-4-6-12(7-11)17-3/h4-7,9,13,15H,8H2,1-3H3. The van der Waals surface area contributed by atoms with Gasteiger partial charge in [-0.3, -0.25) is 0 Å². The molecule has 0 saturated heterocycles. The van der Waals surface area contributed by atoms with Crippen LogP contribution in [0.1, 0.15) is 21.5 Å². The lowest BCUT2D eigenvalue weighted by Gasteiger charge is -2.14. The molecule has 1 atom stereocenters. The monoisotopic (exact) mass is 262 g/mol. The second-order valence-corrected chi connectivity index (χ2v) is 5.44. The van der Waals surface area contributed by atoms with E-state index in [4.69, 9.17) is 4.74 Å². The molecule has 0 radical (unpaired) electrons. The third-order valence-electron chi connectivity index (χ3n) is 2.91. The van der Waals surface area contributed by atoms with Crippen molar-refractivity contribution >= 4 is 11.3 Å². The average molecular weight is 262 g/mol. The Morgan fingerprint density at radius 3 is 2.89 bits per heavy atom. The predicted molar refractivity (Wildman–Crippen MR) is 75.3 cm³/mol. The van der Waals surface area contributed by atoms with Gasteiger partial charge in [-0.05, 0) is 38.1 Å². The largest absolute Gasteiger partial charge is 0.497 e. The van der Waals surface area contributed by atoms with Gasteiger partial charge in [-0.15, -0.1) is 11.3 Å². The van der Waals surface area contributed by atoms with Crippen LogP contribution in [0, 0.1) is 6.92 Å². The highest BCUT2D eigenvalue weighted by atomic mass is 32.1. The second kappa shape index (κ2) is 5.98. The van der Waals surface area contributed by atoms with Gasteiger partial charge in [-0.25, -0.2) is 4.98 Å². The van der Waals surface area contributed by atoms with Crippen molar-refractivity contribution in [3.05, 3.63) is 45.9 Å². The van der Waals surface area contributed by atoms with E-state index >= 15 is 0 Å². The lowest BCUT2D eigenvalue weighted by Crippen LogP contribution is -2.17. The van der Waals surface area contributed by atoms with Crippen molar-refractivity contribution in [2.24, 2.45) is 0 Å². The zero-order valence-corrected chi connectivity index (χ0v) is 11.8. The van der Waals surface area contributed by atoms with Crippen molar-refractivity contribution in [2.45, 2.75) is 19.4 Å². The van der Waals surface area contributed by atoms with Crippen molar-refractivity contribution in [1.82, 2.24) is 10.3 Å². The Bertz CT molecular complexity index is 510. The number of methoxy groups -OCH3 is 1.